The van der Waals surface area contributed by atoms with Gasteiger partial charge in [0.15, 0.2) is 5.82 Å². The van der Waals surface area contributed by atoms with Gasteiger partial charge in [-0.2, -0.15) is 5.10 Å². The van der Waals surface area contributed by atoms with Crippen LogP contribution in [-0.2, 0) is 16.6 Å². The van der Waals surface area contributed by atoms with E-state index in [4.69, 9.17) is 11.6 Å². The van der Waals surface area contributed by atoms with Crippen molar-refractivity contribution in [2.75, 3.05) is 24.2 Å². The maximum atomic E-state index is 12.2. The number of benzene rings is 1. The van der Waals surface area contributed by atoms with E-state index in [0.717, 1.165) is 23.4 Å². The molecule has 0 bridgehead atoms. The van der Waals surface area contributed by atoms with Crippen LogP contribution in [0.1, 0.15) is 36.3 Å². The Labute approximate surface area is 184 Å². The normalized spacial score (nSPS) is 17.9. The number of nitrogens with zero attached hydrogens (tertiary/aromatic N) is 5. The summed E-state index contributed by atoms with van der Waals surface area (Å²) in [4.78, 5) is 0. The Morgan fingerprint density at radius 2 is 2.10 bits per heavy atom. The number of rotatable bonds is 7. The fourth-order valence-electron chi connectivity index (χ4n) is 3.46. The molecule has 2 aromatic heterocycles. The second kappa shape index (κ2) is 9.01. The van der Waals surface area contributed by atoms with Gasteiger partial charge in [0.2, 0.25) is 15.2 Å². The minimum atomic E-state index is -3.18. The molecule has 0 radical (unpaired) electrons. The number of piperidine rings is 1. The Bertz CT molecular complexity index is 1110. The van der Waals surface area contributed by atoms with Gasteiger partial charge in [0.1, 0.15) is 5.01 Å². The summed E-state index contributed by atoms with van der Waals surface area (Å²) in [5.41, 5.74) is 0.996. The largest absolute Gasteiger partial charge is 0.313 e. The Hall–Kier alpha value is -2.01. The molecule has 0 aliphatic carbocycles. The summed E-state index contributed by atoms with van der Waals surface area (Å²) in [5, 5.41) is 18.4. The Morgan fingerprint density at radius 3 is 2.90 bits per heavy atom. The van der Waals surface area contributed by atoms with Crippen molar-refractivity contribution in [1.82, 2.24) is 24.3 Å². The lowest BCUT2D eigenvalue weighted by atomic mass is 10.0. The molecule has 1 atom stereocenters. The van der Waals surface area contributed by atoms with Gasteiger partial charge in [-0.05, 0) is 31.4 Å². The van der Waals surface area contributed by atoms with E-state index in [9.17, 15) is 8.42 Å². The number of halogens is 1. The molecule has 1 fully saturated rings. The van der Waals surface area contributed by atoms with E-state index in [-0.39, 0.29) is 11.7 Å². The number of aromatic nitrogens is 4. The van der Waals surface area contributed by atoms with Crippen LogP contribution in [0.25, 0.3) is 0 Å². The van der Waals surface area contributed by atoms with Crippen molar-refractivity contribution >= 4 is 43.9 Å². The Balaban J connectivity index is 1.40. The third kappa shape index (κ3) is 4.83. The van der Waals surface area contributed by atoms with Crippen LogP contribution in [0.2, 0.25) is 5.02 Å². The molecule has 11 heteroatoms. The van der Waals surface area contributed by atoms with Crippen LogP contribution in [0.4, 0.5) is 10.9 Å². The Kier molecular flexibility index (Phi) is 6.37. The molecule has 1 unspecified atom stereocenters. The van der Waals surface area contributed by atoms with Gasteiger partial charge in [0.25, 0.3) is 0 Å². The summed E-state index contributed by atoms with van der Waals surface area (Å²) in [6.07, 6.45) is 3.62. The molecule has 1 aromatic carbocycles. The molecule has 30 heavy (non-hydrogen) atoms. The number of sulfonamides is 1. The molecular formula is C19H23ClN6O2S2. The summed E-state index contributed by atoms with van der Waals surface area (Å²) < 4.78 is 27.8. The third-order valence-corrected chi connectivity index (χ3v) is 8.32. The first-order chi connectivity index (χ1) is 14.4. The van der Waals surface area contributed by atoms with Crippen molar-refractivity contribution in [1.29, 1.82) is 0 Å². The van der Waals surface area contributed by atoms with Crippen molar-refractivity contribution in [3.05, 3.63) is 52.1 Å². The molecule has 1 aliphatic rings. The molecule has 8 nitrogen and oxygen atoms in total. The zero-order chi connectivity index (χ0) is 21.1. The predicted octanol–water partition coefficient (Wildman–Crippen LogP) is 3.71. The zero-order valence-electron chi connectivity index (χ0n) is 16.5. The topological polar surface area (TPSA) is 93.0 Å². The number of nitrogens with one attached hydrogen (secondary N) is 1. The lowest BCUT2D eigenvalue weighted by Crippen LogP contribution is -2.39. The highest BCUT2D eigenvalue weighted by atomic mass is 35.5. The third-order valence-electron chi connectivity index (χ3n) is 5.10. The van der Waals surface area contributed by atoms with Gasteiger partial charge < -0.3 is 5.32 Å². The molecule has 1 aliphatic heterocycles. The minimum absolute atomic E-state index is 0.0749. The summed E-state index contributed by atoms with van der Waals surface area (Å²) in [5.74, 6) is 0.869. The fourth-order valence-corrected chi connectivity index (χ4v) is 5.71. The molecule has 0 spiro atoms. The van der Waals surface area contributed by atoms with Crippen LogP contribution < -0.4 is 5.32 Å². The maximum absolute atomic E-state index is 12.2. The van der Waals surface area contributed by atoms with E-state index in [1.807, 2.05) is 36.5 Å². The summed E-state index contributed by atoms with van der Waals surface area (Å²) in [6.45, 7) is 3.31. The quantitative estimate of drug-likeness (QED) is 0.570. The first kappa shape index (κ1) is 21.2. The first-order valence-electron chi connectivity index (χ1n) is 9.79. The van der Waals surface area contributed by atoms with Crippen LogP contribution in [0, 0.1) is 0 Å². The molecular weight excluding hydrogens is 444 g/mol. The average molecular weight is 467 g/mol. The average Bonchev–Trinajstić information content (AvgIpc) is 3.40. The van der Waals surface area contributed by atoms with Crippen LogP contribution in [-0.4, -0.2) is 51.5 Å². The standard InChI is InChI=1S/C19H23ClN6O2S2/c1-2-30(27,28)26-10-5-7-15(13-26)18-22-23-19(29-18)21-17-9-11-25(24-17)12-14-6-3-4-8-16(14)20/h3-4,6,8-9,11,15H,2,5,7,10,12-13H2,1H3,(H,21,23,24). The van der Waals surface area contributed by atoms with Crippen LogP contribution in [0.3, 0.4) is 0 Å². The molecule has 0 saturated carbocycles. The van der Waals surface area contributed by atoms with E-state index in [1.165, 1.54) is 11.3 Å². The summed E-state index contributed by atoms with van der Waals surface area (Å²) >= 11 is 7.67. The smallest absolute Gasteiger partial charge is 0.213 e. The number of anilines is 2. The van der Waals surface area contributed by atoms with Crippen LogP contribution in [0.15, 0.2) is 36.5 Å². The van der Waals surface area contributed by atoms with Crippen molar-refractivity contribution in [2.45, 2.75) is 32.2 Å². The van der Waals surface area contributed by atoms with Gasteiger partial charge in [-0.3, -0.25) is 4.68 Å². The monoisotopic (exact) mass is 466 g/mol. The predicted molar refractivity (Wildman–Crippen MR) is 119 cm³/mol. The van der Waals surface area contributed by atoms with E-state index in [0.29, 0.717) is 35.6 Å². The van der Waals surface area contributed by atoms with Gasteiger partial charge in [-0.25, -0.2) is 12.7 Å². The molecule has 0 amide bonds. The van der Waals surface area contributed by atoms with Gasteiger partial charge in [0, 0.05) is 36.3 Å². The maximum Gasteiger partial charge on any atom is 0.213 e. The molecule has 3 aromatic rings. The van der Waals surface area contributed by atoms with Crippen LogP contribution >= 0.6 is 22.9 Å². The minimum Gasteiger partial charge on any atom is -0.313 e. The van der Waals surface area contributed by atoms with Crippen molar-refractivity contribution in [2.24, 2.45) is 0 Å². The zero-order valence-corrected chi connectivity index (χ0v) is 18.9. The Morgan fingerprint density at radius 1 is 1.27 bits per heavy atom. The highest BCUT2D eigenvalue weighted by Gasteiger charge is 2.30. The summed E-state index contributed by atoms with van der Waals surface area (Å²) in [6, 6.07) is 9.55. The molecule has 1 saturated heterocycles. The van der Waals surface area contributed by atoms with E-state index in [1.54, 1.807) is 15.9 Å². The molecule has 1 N–H and O–H groups in total. The fraction of sp³-hybridized carbons (Fsp3) is 0.421. The highest BCUT2D eigenvalue weighted by Crippen LogP contribution is 2.32. The number of hydrogen-bond donors (Lipinski definition) is 1. The lowest BCUT2D eigenvalue weighted by Gasteiger charge is -2.30. The van der Waals surface area contributed by atoms with Gasteiger partial charge in [-0.1, -0.05) is 41.1 Å². The number of hydrogen-bond acceptors (Lipinski definition) is 7. The van der Waals surface area contributed by atoms with E-state index >= 15 is 0 Å². The molecule has 4 rings (SSSR count). The lowest BCUT2D eigenvalue weighted by molar-refractivity contribution is 0.315. The molecule has 160 valence electrons. The van der Waals surface area contributed by atoms with Crippen molar-refractivity contribution < 1.29 is 8.42 Å². The van der Waals surface area contributed by atoms with Crippen molar-refractivity contribution in [3.8, 4) is 0 Å². The summed E-state index contributed by atoms with van der Waals surface area (Å²) in [7, 11) is -3.18. The van der Waals surface area contributed by atoms with Crippen LogP contribution in [0.5, 0.6) is 0 Å². The van der Waals surface area contributed by atoms with E-state index < -0.39 is 10.0 Å². The van der Waals surface area contributed by atoms with Gasteiger partial charge >= 0.3 is 0 Å². The van der Waals surface area contributed by atoms with E-state index in [2.05, 4.69) is 20.6 Å². The molecule has 3 heterocycles. The van der Waals surface area contributed by atoms with Crippen molar-refractivity contribution in [3.63, 3.8) is 0 Å². The second-order valence-electron chi connectivity index (χ2n) is 7.16. The van der Waals surface area contributed by atoms with Gasteiger partial charge in [-0.15, -0.1) is 10.2 Å². The first-order valence-corrected chi connectivity index (χ1v) is 12.6. The highest BCUT2D eigenvalue weighted by molar-refractivity contribution is 7.89. The van der Waals surface area contributed by atoms with Gasteiger partial charge in [0.05, 0.1) is 12.3 Å². The SMILES string of the molecule is CCS(=O)(=O)N1CCCC(c2nnc(Nc3ccn(Cc4ccccc4Cl)n3)s2)C1. The second-order valence-corrected chi connectivity index (χ2v) is 10.8.